The Morgan fingerprint density at radius 3 is 2.50 bits per heavy atom. The highest BCUT2D eigenvalue weighted by Gasteiger charge is 2.32. The maximum absolute atomic E-state index is 12.1. The van der Waals surface area contributed by atoms with Crippen molar-refractivity contribution in [1.29, 1.82) is 0 Å². The molecule has 20 heavy (non-hydrogen) atoms. The third-order valence-corrected chi connectivity index (χ3v) is 5.18. The molecule has 0 aliphatic heterocycles. The van der Waals surface area contributed by atoms with Crippen molar-refractivity contribution in [2.45, 2.75) is 24.1 Å². The summed E-state index contributed by atoms with van der Waals surface area (Å²) in [4.78, 5) is 26.1. The second-order valence-corrected chi connectivity index (χ2v) is 6.93. The van der Waals surface area contributed by atoms with Crippen LogP contribution in [-0.4, -0.2) is 43.6 Å². The summed E-state index contributed by atoms with van der Waals surface area (Å²) in [5.74, 6) is -2.66. The van der Waals surface area contributed by atoms with Crippen LogP contribution in [0.25, 0.3) is 0 Å². The molecule has 0 saturated heterocycles. The first-order valence-corrected chi connectivity index (χ1v) is 7.84. The number of nitrogens with one attached hydrogen (secondary N) is 1. The van der Waals surface area contributed by atoms with E-state index in [1.165, 1.54) is 5.51 Å². The molecular formula is C10H14N2O6S2. The molecule has 1 aromatic heterocycles. The highest BCUT2D eigenvalue weighted by atomic mass is 32.2. The first-order valence-electron chi connectivity index (χ1n) is 5.47. The number of hydrogen-bond donors (Lipinski definition) is 2. The van der Waals surface area contributed by atoms with Gasteiger partial charge in [0.1, 0.15) is 6.04 Å². The lowest BCUT2D eigenvalue weighted by Gasteiger charge is -2.17. The summed E-state index contributed by atoms with van der Waals surface area (Å²) in [6, 6.07) is -1.30. The number of carboxylic acid groups (broad SMARTS) is 1. The smallest absolute Gasteiger partial charge is 0.358 e. The van der Waals surface area contributed by atoms with Gasteiger partial charge in [0.2, 0.25) is 0 Å². The second-order valence-electron chi connectivity index (χ2n) is 4.16. The predicted molar refractivity (Wildman–Crippen MR) is 70.0 cm³/mol. The molecule has 0 saturated carbocycles. The van der Waals surface area contributed by atoms with Crippen LogP contribution in [0.3, 0.4) is 0 Å². The van der Waals surface area contributed by atoms with Gasteiger partial charge in [0.15, 0.2) is 9.90 Å². The topological polar surface area (TPSA) is 123 Å². The lowest BCUT2D eigenvalue weighted by atomic mass is 10.1. The van der Waals surface area contributed by atoms with Crippen LogP contribution < -0.4 is 4.72 Å². The second kappa shape index (κ2) is 6.29. The van der Waals surface area contributed by atoms with Gasteiger partial charge in [0.25, 0.3) is 10.0 Å². The minimum atomic E-state index is -4.17. The van der Waals surface area contributed by atoms with E-state index in [1.54, 1.807) is 13.8 Å². The summed E-state index contributed by atoms with van der Waals surface area (Å²) in [6.45, 7) is 3.13. The molecule has 0 amide bonds. The van der Waals surface area contributed by atoms with Crippen molar-refractivity contribution < 1.29 is 27.9 Å². The fourth-order valence-corrected chi connectivity index (χ4v) is 3.84. The summed E-state index contributed by atoms with van der Waals surface area (Å²) >= 11 is 0.710. The fraction of sp³-hybridized carbons (Fsp3) is 0.500. The third-order valence-electron chi connectivity index (χ3n) is 2.37. The minimum Gasteiger partial charge on any atom is -0.480 e. The number of hydrogen-bond acceptors (Lipinski definition) is 7. The first kappa shape index (κ1) is 16.5. The normalized spacial score (nSPS) is 13.2. The van der Waals surface area contributed by atoms with Crippen LogP contribution >= 0.6 is 11.3 Å². The number of carbonyl (C=O) groups excluding carboxylic acids is 1. The van der Waals surface area contributed by atoms with Crippen molar-refractivity contribution in [2.75, 3.05) is 7.11 Å². The average Bonchev–Trinajstić information content (AvgIpc) is 2.84. The molecule has 1 rings (SSSR count). The maximum Gasteiger partial charge on any atom is 0.358 e. The van der Waals surface area contributed by atoms with Gasteiger partial charge in [0, 0.05) is 0 Å². The number of aromatic nitrogens is 1. The number of aliphatic carboxylic acids is 1. The number of ether oxygens (including phenoxy) is 1. The Hall–Kier alpha value is -1.52. The van der Waals surface area contributed by atoms with E-state index < -0.39 is 33.9 Å². The van der Waals surface area contributed by atoms with E-state index in [2.05, 4.69) is 9.72 Å². The predicted octanol–water partition coefficient (Wildman–Crippen LogP) is 0.317. The highest BCUT2D eigenvalue weighted by Crippen LogP contribution is 2.21. The molecule has 0 bridgehead atoms. The zero-order valence-electron chi connectivity index (χ0n) is 11.0. The van der Waals surface area contributed by atoms with Crippen molar-refractivity contribution >= 4 is 33.3 Å². The van der Waals surface area contributed by atoms with Gasteiger partial charge in [-0.1, -0.05) is 13.8 Å². The third kappa shape index (κ3) is 3.52. The zero-order valence-corrected chi connectivity index (χ0v) is 12.6. The molecule has 8 nitrogen and oxygen atoms in total. The summed E-state index contributed by atoms with van der Waals surface area (Å²) in [5.41, 5.74) is 0.810. The van der Waals surface area contributed by atoms with E-state index in [0.717, 1.165) is 7.11 Å². The molecule has 112 valence electrons. The zero-order chi connectivity index (χ0) is 15.5. The van der Waals surface area contributed by atoms with Crippen molar-refractivity contribution in [3.63, 3.8) is 0 Å². The number of nitrogens with zero attached hydrogens (tertiary/aromatic N) is 1. The quantitative estimate of drug-likeness (QED) is 0.723. The van der Waals surface area contributed by atoms with Gasteiger partial charge < -0.3 is 9.84 Å². The Morgan fingerprint density at radius 2 is 2.05 bits per heavy atom. The Kier molecular flexibility index (Phi) is 5.20. The average molecular weight is 322 g/mol. The molecule has 0 aliphatic rings. The molecular weight excluding hydrogens is 308 g/mol. The molecule has 0 aromatic carbocycles. The summed E-state index contributed by atoms with van der Waals surface area (Å²) in [7, 11) is -3.07. The standard InChI is InChI=1S/C10H14N2O6S2/c1-5(2)6(8(13)14)12-20(16,17)10-7(9(15)18-3)11-4-19-10/h4-6,12H,1-3H3,(H,13,14)/t6-/m1/s1. The van der Waals surface area contributed by atoms with Gasteiger partial charge >= 0.3 is 11.9 Å². The van der Waals surface area contributed by atoms with Gasteiger partial charge in [-0.3, -0.25) is 4.79 Å². The number of carbonyl (C=O) groups is 2. The van der Waals surface area contributed by atoms with E-state index >= 15 is 0 Å². The molecule has 0 fully saturated rings. The van der Waals surface area contributed by atoms with Crippen LogP contribution in [-0.2, 0) is 19.6 Å². The molecule has 2 N–H and O–H groups in total. The van der Waals surface area contributed by atoms with Crippen LogP contribution in [0.4, 0.5) is 0 Å². The lowest BCUT2D eigenvalue weighted by molar-refractivity contribution is -0.140. The molecule has 1 heterocycles. The molecule has 0 spiro atoms. The summed E-state index contributed by atoms with van der Waals surface area (Å²) in [5, 5.41) is 9.00. The Bertz CT molecular complexity index is 607. The molecule has 10 heteroatoms. The molecule has 1 atom stereocenters. The lowest BCUT2D eigenvalue weighted by Crippen LogP contribution is -2.44. The number of thiazole rings is 1. The van der Waals surface area contributed by atoms with Crippen molar-refractivity contribution in [3.05, 3.63) is 11.2 Å². The number of sulfonamides is 1. The van der Waals surface area contributed by atoms with Crippen molar-refractivity contribution in [2.24, 2.45) is 5.92 Å². The number of methoxy groups -OCH3 is 1. The summed E-state index contributed by atoms with van der Waals surface area (Å²) in [6.07, 6.45) is 0. The van der Waals surface area contributed by atoms with Gasteiger partial charge in [0.05, 0.1) is 12.6 Å². The molecule has 1 aromatic rings. The van der Waals surface area contributed by atoms with E-state index in [1.807, 2.05) is 4.72 Å². The molecule has 0 radical (unpaired) electrons. The van der Waals surface area contributed by atoms with Crippen LogP contribution in [0.15, 0.2) is 9.72 Å². The Morgan fingerprint density at radius 1 is 1.45 bits per heavy atom. The first-order chi connectivity index (χ1) is 9.20. The minimum absolute atomic E-state index is 0.363. The maximum atomic E-state index is 12.1. The number of esters is 1. The van der Waals surface area contributed by atoms with Crippen LogP contribution in [0.1, 0.15) is 24.3 Å². The van der Waals surface area contributed by atoms with E-state index in [9.17, 15) is 18.0 Å². The molecule has 0 unspecified atom stereocenters. The number of carboxylic acids is 1. The van der Waals surface area contributed by atoms with Gasteiger partial charge in [-0.2, -0.15) is 4.72 Å². The van der Waals surface area contributed by atoms with Crippen LogP contribution in [0.5, 0.6) is 0 Å². The Labute approximate surface area is 119 Å². The Balaban J connectivity index is 3.15. The van der Waals surface area contributed by atoms with Crippen LogP contribution in [0.2, 0.25) is 0 Å². The van der Waals surface area contributed by atoms with Crippen molar-refractivity contribution in [3.8, 4) is 0 Å². The monoisotopic (exact) mass is 322 g/mol. The SMILES string of the molecule is COC(=O)c1ncsc1S(=O)(=O)N[C@@H](C(=O)O)C(C)C. The van der Waals surface area contributed by atoms with Crippen molar-refractivity contribution in [1.82, 2.24) is 9.71 Å². The molecule has 0 aliphatic carbocycles. The highest BCUT2D eigenvalue weighted by molar-refractivity contribution is 7.91. The fourth-order valence-electron chi connectivity index (χ4n) is 1.35. The summed E-state index contributed by atoms with van der Waals surface area (Å²) < 4.78 is 30.4. The van der Waals surface area contributed by atoms with E-state index in [-0.39, 0.29) is 9.90 Å². The van der Waals surface area contributed by atoms with Gasteiger partial charge in [-0.25, -0.2) is 18.2 Å². The van der Waals surface area contributed by atoms with E-state index in [4.69, 9.17) is 5.11 Å². The number of rotatable bonds is 6. The van der Waals surface area contributed by atoms with Crippen LogP contribution in [0, 0.1) is 5.92 Å². The van der Waals surface area contributed by atoms with Gasteiger partial charge in [-0.15, -0.1) is 11.3 Å². The van der Waals surface area contributed by atoms with Gasteiger partial charge in [-0.05, 0) is 5.92 Å². The largest absolute Gasteiger partial charge is 0.480 e. The van der Waals surface area contributed by atoms with E-state index in [0.29, 0.717) is 11.3 Å².